The number of carboxylic acid groups (broad SMARTS) is 1. The van der Waals surface area contributed by atoms with E-state index in [-0.39, 0.29) is 28.2 Å². The first kappa shape index (κ1) is 17.3. The molecule has 0 saturated heterocycles. The maximum atomic E-state index is 12.9. The normalized spacial score (nSPS) is 11.0. The third-order valence-electron chi connectivity index (χ3n) is 3.95. The van der Waals surface area contributed by atoms with Gasteiger partial charge in [0.2, 0.25) is 5.91 Å². The molecule has 140 valence electrons. The van der Waals surface area contributed by atoms with Crippen molar-refractivity contribution >= 4 is 34.4 Å². The molecule has 4 heterocycles. The molecule has 0 radical (unpaired) electrons. The average Bonchev–Trinajstić information content (AvgIpc) is 3.13. The predicted octanol–water partition coefficient (Wildman–Crippen LogP) is 0.915. The maximum Gasteiger partial charge on any atom is 0.356 e. The minimum atomic E-state index is -1.29. The van der Waals surface area contributed by atoms with Gasteiger partial charge in [-0.1, -0.05) is 0 Å². The van der Waals surface area contributed by atoms with Crippen molar-refractivity contribution in [3.63, 3.8) is 0 Å². The van der Waals surface area contributed by atoms with Crippen LogP contribution in [-0.4, -0.2) is 41.1 Å². The van der Waals surface area contributed by atoms with Gasteiger partial charge in [0.25, 0.3) is 5.56 Å². The summed E-state index contributed by atoms with van der Waals surface area (Å²) < 4.78 is 15.2. The summed E-state index contributed by atoms with van der Waals surface area (Å²) in [6.07, 6.45) is 2.39. The Bertz CT molecular complexity index is 1290. The number of anilines is 1. The molecule has 0 unspecified atom stereocenters. The summed E-state index contributed by atoms with van der Waals surface area (Å²) in [5.41, 5.74) is -0.566. The van der Waals surface area contributed by atoms with Gasteiger partial charge in [-0.3, -0.25) is 14.2 Å². The molecule has 0 aliphatic rings. The highest BCUT2D eigenvalue weighted by Gasteiger charge is 2.19. The second kappa shape index (κ2) is 6.54. The summed E-state index contributed by atoms with van der Waals surface area (Å²) in [6, 6.07) is 6.63. The Labute approximate surface area is 154 Å². The molecule has 28 heavy (non-hydrogen) atoms. The Kier molecular flexibility index (Phi) is 4.03. The van der Waals surface area contributed by atoms with Gasteiger partial charge >= 0.3 is 5.97 Å². The van der Waals surface area contributed by atoms with Gasteiger partial charge in [-0.05, 0) is 24.3 Å². The van der Waals surface area contributed by atoms with Gasteiger partial charge in [0.05, 0.1) is 11.6 Å². The van der Waals surface area contributed by atoms with Gasteiger partial charge < -0.3 is 10.4 Å². The molecule has 0 atom stereocenters. The highest BCUT2D eigenvalue weighted by Crippen LogP contribution is 2.13. The Balaban J connectivity index is 1.81. The summed E-state index contributed by atoms with van der Waals surface area (Å²) in [4.78, 5) is 44.3. The van der Waals surface area contributed by atoms with Crippen LogP contribution >= 0.6 is 0 Å². The highest BCUT2D eigenvalue weighted by atomic mass is 19.1. The van der Waals surface area contributed by atoms with E-state index < -0.39 is 29.8 Å². The number of aromatic nitrogens is 5. The number of carbonyl (C=O) groups excluding carboxylic acids is 1. The van der Waals surface area contributed by atoms with E-state index in [1.165, 1.54) is 28.9 Å². The fraction of sp³-hybridized carbons (Fsp3) is 0.0588. The van der Waals surface area contributed by atoms with Crippen molar-refractivity contribution in [1.82, 2.24) is 24.1 Å². The fourth-order valence-electron chi connectivity index (χ4n) is 2.73. The minimum absolute atomic E-state index is 0.0933. The molecule has 0 aromatic carbocycles. The van der Waals surface area contributed by atoms with Crippen LogP contribution < -0.4 is 10.9 Å². The molecule has 1 amide bonds. The van der Waals surface area contributed by atoms with Crippen molar-refractivity contribution in [3.05, 3.63) is 64.6 Å². The van der Waals surface area contributed by atoms with Crippen molar-refractivity contribution in [2.45, 2.75) is 6.54 Å². The monoisotopic (exact) mass is 382 g/mol. The van der Waals surface area contributed by atoms with Crippen LogP contribution in [0.25, 0.3) is 16.7 Å². The van der Waals surface area contributed by atoms with E-state index in [1.807, 2.05) is 0 Å². The van der Waals surface area contributed by atoms with Crippen LogP contribution in [0.1, 0.15) is 10.5 Å². The molecule has 4 rings (SSSR count). The van der Waals surface area contributed by atoms with Crippen LogP contribution in [0.5, 0.6) is 0 Å². The molecule has 0 fully saturated rings. The largest absolute Gasteiger partial charge is 0.476 e. The summed E-state index contributed by atoms with van der Waals surface area (Å²) in [7, 11) is 0. The Morgan fingerprint density at radius 3 is 2.75 bits per heavy atom. The van der Waals surface area contributed by atoms with E-state index in [9.17, 15) is 23.9 Å². The first-order valence-corrected chi connectivity index (χ1v) is 7.96. The SMILES string of the molecule is O=C(Cn1c(=O)c2cccnc2n2nc(C(=O)O)cc12)Nc1ccc(F)cn1. The van der Waals surface area contributed by atoms with E-state index in [1.54, 1.807) is 6.07 Å². The third kappa shape index (κ3) is 2.94. The molecule has 0 aliphatic carbocycles. The number of halogens is 1. The lowest BCUT2D eigenvalue weighted by Crippen LogP contribution is -2.29. The standard InChI is InChI=1S/C17H11FN6O4/c18-9-3-4-12(20-7-9)21-13(25)8-23-14-6-11(17(27)28)22-24(14)15-10(16(23)26)2-1-5-19-15/h1-7H,8H2,(H,27,28)(H,20,21,25). The van der Waals surface area contributed by atoms with E-state index >= 15 is 0 Å². The van der Waals surface area contributed by atoms with Crippen molar-refractivity contribution in [3.8, 4) is 0 Å². The number of carbonyl (C=O) groups is 2. The van der Waals surface area contributed by atoms with Crippen LogP contribution in [0, 0.1) is 5.82 Å². The van der Waals surface area contributed by atoms with Crippen LogP contribution in [-0.2, 0) is 11.3 Å². The van der Waals surface area contributed by atoms with Gasteiger partial charge in [-0.25, -0.2) is 19.2 Å². The average molecular weight is 382 g/mol. The molecule has 0 spiro atoms. The Morgan fingerprint density at radius 2 is 2.04 bits per heavy atom. The van der Waals surface area contributed by atoms with Gasteiger partial charge in [-0.2, -0.15) is 9.61 Å². The second-order valence-electron chi connectivity index (χ2n) is 5.78. The zero-order valence-electron chi connectivity index (χ0n) is 14.0. The molecule has 10 nitrogen and oxygen atoms in total. The van der Waals surface area contributed by atoms with E-state index in [0.29, 0.717) is 0 Å². The lowest BCUT2D eigenvalue weighted by molar-refractivity contribution is -0.116. The minimum Gasteiger partial charge on any atom is -0.476 e. The van der Waals surface area contributed by atoms with E-state index in [4.69, 9.17) is 0 Å². The lowest BCUT2D eigenvalue weighted by Gasteiger charge is -2.10. The number of carboxylic acids is 1. The third-order valence-corrected chi connectivity index (χ3v) is 3.95. The number of hydrogen-bond donors (Lipinski definition) is 2. The molecule has 0 aliphatic heterocycles. The predicted molar refractivity (Wildman–Crippen MR) is 94.5 cm³/mol. The number of rotatable bonds is 4. The van der Waals surface area contributed by atoms with Gasteiger partial charge in [0.1, 0.15) is 23.8 Å². The molecular formula is C17H11FN6O4. The molecule has 0 saturated carbocycles. The Morgan fingerprint density at radius 1 is 1.21 bits per heavy atom. The van der Waals surface area contributed by atoms with E-state index in [0.717, 1.165) is 16.8 Å². The summed E-state index contributed by atoms with van der Waals surface area (Å²) in [5, 5.41) is 15.8. The van der Waals surface area contributed by atoms with Gasteiger partial charge in [0.15, 0.2) is 11.3 Å². The van der Waals surface area contributed by atoms with Crippen LogP contribution in [0.3, 0.4) is 0 Å². The highest BCUT2D eigenvalue weighted by molar-refractivity contribution is 5.91. The van der Waals surface area contributed by atoms with Gasteiger partial charge in [0, 0.05) is 12.3 Å². The summed E-state index contributed by atoms with van der Waals surface area (Å²) >= 11 is 0. The second-order valence-corrected chi connectivity index (χ2v) is 5.78. The van der Waals surface area contributed by atoms with Crippen LogP contribution in [0.2, 0.25) is 0 Å². The van der Waals surface area contributed by atoms with Gasteiger partial charge in [-0.15, -0.1) is 0 Å². The first-order valence-electron chi connectivity index (χ1n) is 7.96. The number of fused-ring (bicyclic) bond motifs is 3. The molecule has 0 bridgehead atoms. The van der Waals surface area contributed by atoms with Crippen molar-refractivity contribution in [2.75, 3.05) is 5.32 Å². The molecule has 11 heteroatoms. The van der Waals surface area contributed by atoms with Crippen LogP contribution in [0.15, 0.2) is 47.5 Å². The number of aromatic carboxylic acids is 1. The fourth-order valence-corrected chi connectivity index (χ4v) is 2.73. The van der Waals surface area contributed by atoms with Crippen LogP contribution in [0.4, 0.5) is 10.2 Å². The smallest absolute Gasteiger partial charge is 0.356 e. The molecule has 4 aromatic heterocycles. The topological polar surface area (TPSA) is 131 Å². The number of amides is 1. The van der Waals surface area contributed by atoms with Crippen molar-refractivity contribution in [2.24, 2.45) is 0 Å². The maximum absolute atomic E-state index is 12.9. The van der Waals surface area contributed by atoms with Crippen molar-refractivity contribution in [1.29, 1.82) is 0 Å². The van der Waals surface area contributed by atoms with E-state index in [2.05, 4.69) is 20.4 Å². The Hall–Kier alpha value is -4.15. The lowest BCUT2D eigenvalue weighted by atomic mass is 10.3. The number of hydrogen-bond acceptors (Lipinski definition) is 6. The first-order chi connectivity index (χ1) is 13.4. The quantitative estimate of drug-likeness (QED) is 0.536. The molecule has 4 aromatic rings. The number of pyridine rings is 2. The van der Waals surface area contributed by atoms with Crippen molar-refractivity contribution < 1.29 is 19.1 Å². The number of nitrogens with zero attached hydrogens (tertiary/aromatic N) is 5. The summed E-state index contributed by atoms with van der Waals surface area (Å²) in [5.74, 6) is -2.34. The zero-order valence-corrected chi connectivity index (χ0v) is 14.0. The molecular weight excluding hydrogens is 371 g/mol. The number of nitrogens with one attached hydrogen (secondary N) is 1. The summed E-state index contributed by atoms with van der Waals surface area (Å²) in [6.45, 7) is -0.434. The molecule has 2 N–H and O–H groups in total. The zero-order chi connectivity index (χ0) is 19.8.